The highest BCUT2D eigenvalue weighted by molar-refractivity contribution is 9.09. The Morgan fingerprint density at radius 3 is 2.61 bits per heavy atom. The third-order valence-corrected chi connectivity index (χ3v) is 7.06. The van der Waals surface area contributed by atoms with Gasteiger partial charge in [0, 0.05) is 11.4 Å². The molecule has 1 aliphatic carbocycles. The van der Waals surface area contributed by atoms with Gasteiger partial charge in [0.15, 0.2) is 9.84 Å². The Hall–Kier alpha value is -0.100. The Morgan fingerprint density at radius 1 is 1.17 bits per heavy atom. The second-order valence-corrected chi connectivity index (χ2v) is 8.26. The number of amides is 1. The zero-order chi connectivity index (χ0) is 13.2. The number of carbonyl (C=O) groups excluding carboxylic acids is 1. The first-order valence-electron chi connectivity index (χ1n) is 6.62. The van der Waals surface area contributed by atoms with Crippen LogP contribution in [0.3, 0.4) is 0 Å². The third-order valence-electron chi connectivity index (χ3n) is 4.06. The summed E-state index contributed by atoms with van der Waals surface area (Å²) in [5.74, 6) is 0.338. The molecule has 18 heavy (non-hydrogen) atoms. The Bertz CT molecular complexity index is 410. The van der Waals surface area contributed by atoms with Gasteiger partial charge in [-0.2, -0.15) is 0 Å². The molecule has 1 heterocycles. The monoisotopic (exact) mass is 337 g/mol. The molecule has 0 radical (unpaired) electrons. The predicted octanol–water partition coefficient (Wildman–Crippen LogP) is 1.63. The predicted molar refractivity (Wildman–Crippen MR) is 74.5 cm³/mol. The van der Waals surface area contributed by atoms with E-state index in [4.69, 9.17) is 0 Å². The van der Waals surface area contributed by atoms with Gasteiger partial charge in [-0.05, 0) is 31.6 Å². The van der Waals surface area contributed by atoms with E-state index in [1.165, 1.54) is 0 Å². The van der Waals surface area contributed by atoms with Crippen LogP contribution >= 0.6 is 15.9 Å². The van der Waals surface area contributed by atoms with Gasteiger partial charge in [-0.1, -0.05) is 28.8 Å². The van der Waals surface area contributed by atoms with Crippen molar-refractivity contribution in [3.8, 4) is 0 Å². The van der Waals surface area contributed by atoms with E-state index >= 15 is 0 Å². The number of alkyl halides is 1. The first-order valence-corrected chi connectivity index (χ1v) is 9.46. The average molecular weight is 338 g/mol. The minimum atomic E-state index is -3.21. The van der Waals surface area contributed by atoms with Crippen molar-refractivity contribution >= 4 is 31.7 Å². The fraction of sp³-hybridized carbons (Fsp3) is 0.917. The lowest BCUT2D eigenvalue weighted by Crippen LogP contribution is -2.47. The summed E-state index contributed by atoms with van der Waals surface area (Å²) in [7, 11) is -3.21. The van der Waals surface area contributed by atoms with Crippen LogP contribution in [0.1, 0.15) is 38.5 Å². The SMILES string of the molecule is O=C(NC1CCCC1CBr)C1CCCCS1(=O)=O. The molecule has 0 aromatic rings. The maximum absolute atomic E-state index is 12.1. The van der Waals surface area contributed by atoms with Gasteiger partial charge in [0.2, 0.25) is 5.91 Å². The fourth-order valence-corrected chi connectivity index (χ4v) is 5.52. The second-order valence-electron chi connectivity index (χ2n) is 5.31. The molecule has 0 bridgehead atoms. The van der Waals surface area contributed by atoms with Crippen LogP contribution in [-0.4, -0.2) is 36.7 Å². The van der Waals surface area contributed by atoms with Gasteiger partial charge in [0.1, 0.15) is 5.25 Å². The van der Waals surface area contributed by atoms with Gasteiger partial charge in [-0.15, -0.1) is 0 Å². The largest absolute Gasteiger partial charge is 0.352 e. The molecule has 1 saturated carbocycles. The molecule has 0 aromatic heterocycles. The van der Waals surface area contributed by atoms with Gasteiger partial charge in [-0.3, -0.25) is 4.79 Å². The third kappa shape index (κ3) is 3.07. The minimum absolute atomic E-state index is 0.147. The first kappa shape index (κ1) is 14.3. The van der Waals surface area contributed by atoms with Crippen LogP contribution in [0.4, 0.5) is 0 Å². The standard InChI is InChI=1S/C12H20BrNO3S/c13-8-9-4-3-5-10(9)14-12(15)11-6-1-2-7-18(11,16)17/h9-11H,1-8H2,(H,14,15). The van der Waals surface area contributed by atoms with Crippen LogP contribution in [0.5, 0.6) is 0 Å². The maximum atomic E-state index is 12.1. The van der Waals surface area contributed by atoms with E-state index in [1.54, 1.807) is 0 Å². The van der Waals surface area contributed by atoms with Crippen LogP contribution < -0.4 is 5.32 Å². The highest BCUT2D eigenvalue weighted by Crippen LogP contribution is 2.28. The molecule has 2 aliphatic rings. The van der Waals surface area contributed by atoms with Crippen LogP contribution in [0.2, 0.25) is 0 Å². The lowest BCUT2D eigenvalue weighted by Gasteiger charge is -2.25. The highest BCUT2D eigenvalue weighted by Gasteiger charge is 2.37. The molecule has 0 aromatic carbocycles. The number of nitrogens with one attached hydrogen (secondary N) is 1. The molecule has 3 unspecified atom stereocenters. The van der Waals surface area contributed by atoms with E-state index in [0.29, 0.717) is 18.8 Å². The summed E-state index contributed by atoms with van der Waals surface area (Å²) in [5, 5.41) is 3.02. The van der Waals surface area contributed by atoms with E-state index in [-0.39, 0.29) is 17.7 Å². The van der Waals surface area contributed by atoms with E-state index < -0.39 is 15.1 Å². The Balaban J connectivity index is 1.99. The number of rotatable bonds is 3. The van der Waals surface area contributed by atoms with Gasteiger partial charge >= 0.3 is 0 Å². The lowest BCUT2D eigenvalue weighted by molar-refractivity contribution is -0.121. The van der Waals surface area contributed by atoms with Gasteiger partial charge < -0.3 is 5.32 Å². The van der Waals surface area contributed by atoms with Crippen molar-refractivity contribution in [2.45, 2.75) is 49.8 Å². The van der Waals surface area contributed by atoms with Crippen LogP contribution in [0, 0.1) is 5.92 Å². The number of sulfone groups is 1. The summed E-state index contributed by atoms with van der Waals surface area (Å²) in [6, 6.07) is 0.147. The van der Waals surface area contributed by atoms with E-state index in [2.05, 4.69) is 21.2 Å². The molecular formula is C12H20BrNO3S. The molecule has 6 heteroatoms. The van der Waals surface area contributed by atoms with Gasteiger partial charge in [-0.25, -0.2) is 8.42 Å². The molecule has 2 fully saturated rings. The van der Waals surface area contributed by atoms with Crippen LogP contribution in [0.15, 0.2) is 0 Å². The van der Waals surface area contributed by atoms with Crippen LogP contribution in [-0.2, 0) is 14.6 Å². The molecule has 4 nitrogen and oxygen atoms in total. The highest BCUT2D eigenvalue weighted by atomic mass is 79.9. The van der Waals surface area contributed by atoms with Crippen LogP contribution in [0.25, 0.3) is 0 Å². The van der Waals surface area contributed by atoms with Crippen molar-refractivity contribution in [2.75, 3.05) is 11.1 Å². The molecule has 3 atom stereocenters. The molecular weight excluding hydrogens is 318 g/mol. The summed E-state index contributed by atoms with van der Waals surface area (Å²) in [6.07, 6.45) is 5.20. The molecule has 1 saturated heterocycles. The zero-order valence-electron chi connectivity index (χ0n) is 10.4. The molecule has 1 amide bonds. The fourth-order valence-electron chi connectivity index (χ4n) is 2.94. The van der Waals surface area contributed by atoms with Crippen molar-refractivity contribution in [1.29, 1.82) is 0 Å². The second kappa shape index (κ2) is 5.90. The van der Waals surface area contributed by atoms with Crippen molar-refractivity contribution in [3.05, 3.63) is 0 Å². The first-order chi connectivity index (χ1) is 8.54. The van der Waals surface area contributed by atoms with Gasteiger partial charge in [0.25, 0.3) is 0 Å². The summed E-state index contributed by atoms with van der Waals surface area (Å²) >= 11 is 3.46. The van der Waals surface area contributed by atoms with E-state index in [1.807, 2.05) is 0 Å². The smallest absolute Gasteiger partial charge is 0.238 e. The lowest BCUT2D eigenvalue weighted by atomic mass is 10.1. The molecule has 1 aliphatic heterocycles. The Kier molecular flexibility index (Phi) is 4.69. The average Bonchev–Trinajstić information content (AvgIpc) is 2.75. The van der Waals surface area contributed by atoms with Crippen molar-refractivity contribution < 1.29 is 13.2 Å². The van der Waals surface area contributed by atoms with Crippen molar-refractivity contribution in [2.24, 2.45) is 5.92 Å². The number of halogens is 1. The summed E-state index contributed by atoms with van der Waals surface area (Å²) in [6.45, 7) is 0. The van der Waals surface area contributed by atoms with Gasteiger partial charge in [0.05, 0.1) is 5.75 Å². The molecule has 1 N–H and O–H groups in total. The summed E-state index contributed by atoms with van der Waals surface area (Å²) in [4.78, 5) is 12.1. The molecule has 0 spiro atoms. The minimum Gasteiger partial charge on any atom is -0.352 e. The Morgan fingerprint density at radius 2 is 1.94 bits per heavy atom. The molecule has 104 valence electrons. The van der Waals surface area contributed by atoms with E-state index in [0.717, 1.165) is 31.0 Å². The van der Waals surface area contributed by atoms with Crippen molar-refractivity contribution in [1.82, 2.24) is 5.32 Å². The zero-order valence-corrected chi connectivity index (χ0v) is 12.8. The number of hydrogen-bond donors (Lipinski definition) is 1. The van der Waals surface area contributed by atoms with Crippen molar-refractivity contribution in [3.63, 3.8) is 0 Å². The topological polar surface area (TPSA) is 63.2 Å². The normalized spacial score (nSPS) is 35.3. The number of carbonyl (C=O) groups is 1. The maximum Gasteiger partial charge on any atom is 0.238 e. The number of hydrogen-bond acceptors (Lipinski definition) is 3. The quantitative estimate of drug-likeness (QED) is 0.796. The summed E-state index contributed by atoms with van der Waals surface area (Å²) in [5.41, 5.74) is 0. The molecule has 2 rings (SSSR count). The Labute approximate surface area is 117 Å². The van der Waals surface area contributed by atoms with E-state index in [9.17, 15) is 13.2 Å². The summed E-state index contributed by atoms with van der Waals surface area (Å²) < 4.78 is 23.8.